The van der Waals surface area contributed by atoms with Crippen molar-refractivity contribution in [1.29, 1.82) is 0 Å². The Hall–Kier alpha value is -1.28. The number of benzene rings is 1. The molecular formula is C18H29NO. The van der Waals surface area contributed by atoms with E-state index in [-0.39, 0.29) is 0 Å². The van der Waals surface area contributed by atoms with Crippen LogP contribution in [0.2, 0.25) is 0 Å². The van der Waals surface area contributed by atoms with Crippen molar-refractivity contribution in [3.05, 3.63) is 36.4 Å². The summed E-state index contributed by atoms with van der Waals surface area (Å²) in [6.07, 6.45) is 4.14. The molecule has 112 valence electrons. The first-order valence-electron chi connectivity index (χ1n) is 7.73. The smallest absolute Gasteiger partial charge is 0.119 e. The monoisotopic (exact) mass is 275 g/mol. The van der Waals surface area contributed by atoms with Gasteiger partial charge in [0.25, 0.3) is 0 Å². The maximum atomic E-state index is 5.81. The molecule has 1 aromatic carbocycles. The number of hydrogen-bond donors (Lipinski definition) is 0. The molecule has 0 aromatic heterocycles. The van der Waals surface area contributed by atoms with Gasteiger partial charge in [0, 0.05) is 13.1 Å². The van der Waals surface area contributed by atoms with E-state index in [1.807, 2.05) is 30.3 Å². The number of nitrogens with zero attached hydrogens (tertiary/aromatic N) is 1. The predicted octanol–water partition coefficient (Wildman–Crippen LogP) is 4.47. The fraction of sp³-hybridized carbons (Fsp3) is 0.556. The molecule has 0 aliphatic carbocycles. The number of hydrogen-bond acceptors (Lipinski definition) is 2. The second-order valence-electron chi connectivity index (χ2n) is 5.67. The quantitative estimate of drug-likeness (QED) is 0.584. The molecule has 0 saturated heterocycles. The molecule has 2 nitrogen and oxygen atoms in total. The zero-order chi connectivity index (χ0) is 14.8. The summed E-state index contributed by atoms with van der Waals surface area (Å²) in [5, 5.41) is 0. The van der Waals surface area contributed by atoms with E-state index in [1.165, 1.54) is 19.5 Å². The average molecular weight is 275 g/mol. The van der Waals surface area contributed by atoms with Crippen molar-refractivity contribution in [3.63, 3.8) is 0 Å². The van der Waals surface area contributed by atoms with Gasteiger partial charge in [-0.2, -0.15) is 0 Å². The lowest BCUT2D eigenvalue weighted by atomic mass is 10.2. The van der Waals surface area contributed by atoms with Crippen LogP contribution in [0.25, 0.3) is 6.08 Å². The van der Waals surface area contributed by atoms with Gasteiger partial charge in [-0.3, -0.25) is 0 Å². The van der Waals surface area contributed by atoms with Gasteiger partial charge in [0.05, 0.1) is 6.61 Å². The van der Waals surface area contributed by atoms with Gasteiger partial charge in [0.1, 0.15) is 5.75 Å². The summed E-state index contributed by atoms with van der Waals surface area (Å²) >= 11 is 0. The topological polar surface area (TPSA) is 12.5 Å². The van der Waals surface area contributed by atoms with Gasteiger partial charge in [0.2, 0.25) is 0 Å². The van der Waals surface area contributed by atoms with Gasteiger partial charge in [-0.1, -0.05) is 45.6 Å². The number of ether oxygens (including phenoxy) is 1. The SMILES string of the molecule is C=Cc1cccc(OCCCN(CCC)CC(C)C)c1. The third-order valence-corrected chi connectivity index (χ3v) is 3.14. The highest BCUT2D eigenvalue weighted by Gasteiger charge is 2.06. The third-order valence-electron chi connectivity index (χ3n) is 3.14. The van der Waals surface area contributed by atoms with Crippen molar-refractivity contribution >= 4 is 6.08 Å². The highest BCUT2D eigenvalue weighted by atomic mass is 16.5. The molecule has 0 unspecified atom stereocenters. The standard InChI is InChI=1S/C18H29NO/c1-5-11-19(15-16(3)4)12-8-13-20-18-10-7-9-17(6-2)14-18/h6-7,9-10,14,16H,2,5,8,11-13,15H2,1,3-4H3. The van der Waals surface area contributed by atoms with Crippen LogP contribution in [-0.2, 0) is 0 Å². The van der Waals surface area contributed by atoms with Crippen LogP contribution in [0.1, 0.15) is 39.2 Å². The molecule has 20 heavy (non-hydrogen) atoms. The highest BCUT2D eigenvalue weighted by Crippen LogP contribution is 2.14. The third kappa shape index (κ3) is 6.76. The normalized spacial score (nSPS) is 11.1. The molecule has 0 bridgehead atoms. The Morgan fingerprint density at radius 2 is 2.10 bits per heavy atom. The fourth-order valence-electron chi connectivity index (χ4n) is 2.34. The Bertz CT molecular complexity index is 387. The van der Waals surface area contributed by atoms with Crippen molar-refractivity contribution in [3.8, 4) is 5.75 Å². The van der Waals surface area contributed by atoms with E-state index < -0.39 is 0 Å². The molecule has 1 rings (SSSR count). The molecule has 0 heterocycles. The molecule has 0 radical (unpaired) electrons. The lowest BCUT2D eigenvalue weighted by molar-refractivity contribution is 0.216. The molecule has 0 saturated carbocycles. The summed E-state index contributed by atoms with van der Waals surface area (Å²) in [4.78, 5) is 2.54. The van der Waals surface area contributed by atoms with E-state index in [4.69, 9.17) is 4.74 Å². The van der Waals surface area contributed by atoms with E-state index in [1.54, 1.807) is 0 Å². The van der Waals surface area contributed by atoms with Gasteiger partial charge >= 0.3 is 0 Å². The Morgan fingerprint density at radius 1 is 1.30 bits per heavy atom. The maximum absolute atomic E-state index is 5.81. The Kier molecular flexibility index (Phi) is 8.05. The first kappa shape index (κ1) is 16.8. The van der Waals surface area contributed by atoms with E-state index in [9.17, 15) is 0 Å². The molecule has 0 fully saturated rings. The molecule has 2 heteroatoms. The molecule has 0 aliphatic rings. The second-order valence-corrected chi connectivity index (χ2v) is 5.67. The molecule has 0 aliphatic heterocycles. The van der Waals surface area contributed by atoms with Crippen LogP contribution in [0, 0.1) is 5.92 Å². The van der Waals surface area contributed by atoms with Gasteiger partial charge in [-0.25, -0.2) is 0 Å². The number of rotatable bonds is 10. The maximum Gasteiger partial charge on any atom is 0.119 e. The van der Waals surface area contributed by atoms with Crippen molar-refractivity contribution in [2.75, 3.05) is 26.2 Å². The van der Waals surface area contributed by atoms with E-state index in [0.717, 1.165) is 36.8 Å². The van der Waals surface area contributed by atoms with Gasteiger partial charge in [-0.15, -0.1) is 0 Å². The van der Waals surface area contributed by atoms with Crippen LogP contribution >= 0.6 is 0 Å². The molecule has 0 atom stereocenters. The Labute approximate surface area is 124 Å². The Balaban J connectivity index is 2.29. The van der Waals surface area contributed by atoms with Crippen LogP contribution in [-0.4, -0.2) is 31.1 Å². The van der Waals surface area contributed by atoms with E-state index in [2.05, 4.69) is 32.3 Å². The zero-order valence-electron chi connectivity index (χ0n) is 13.3. The summed E-state index contributed by atoms with van der Waals surface area (Å²) < 4.78 is 5.81. The average Bonchev–Trinajstić information content (AvgIpc) is 2.43. The van der Waals surface area contributed by atoms with Gasteiger partial charge in [0.15, 0.2) is 0 Å². The minimum Gasteiger partial charge on any atom is -0.494 e. The van der Waals surface area contributed by atoms with Crippen molar-refractivity contribution in [2.45, 2.75) is 33.6 Å². The summed E-state index contributed by atoms with van der Waals surface area (Å²) in [5.74, 6) is 1.67. The molecule has 0 N–H and O–H groups in total. The van der Waals surface area contributed by atoms with Crippen LogP contribution in [0.5, 0.6) is 5.75 Å². The van der Waals surface area contributed by atoms with Gasteiger partial charge < -0.3 is 9.64 Å². The minimum atomic E-state index is 0.728. The van der Waals surface area contributed by atoms with Crippen LogP contribution in [0.4, 0.5) is 0 Å². The van der Waals surface area contributed by atoms with E-state index >= 15 is 0 Å². The van der Waals surface area contributed by atoms with Crippen molar-refractivity contribution < 1.29 is 4.74 Å². The molecular weight excluding hydrogens is 246 g/mol. The fourth-order valence-corrected chi connectivity index (χ4v) is 2.34. The van der Waals surface area contributed by atoms with Gasteiger partial charge in [-0.05, 0) is 43.0 Å². The highest BCUT2D eigenvalue weighted by molar-refractivity contribution is 5.49. The van der Waals surface area contributed by atoms with E-state index in [0.29, 0.717) is 0 Å². The zero-order valence-corrected chi connectivity index (χ0v) is 13.3. The van der Waals surface area contributed by atoms with Crippen LogP contribution in [0.15, 0.2) is 30.8 Å². The van der Waals surface area contributed by atoms with Crippen molar-refractivity contribution in [1.82, 2.24) is 4.90 Å². The largest absolute Gasteiger partial charge is 0.494 e. The first-order chi connectivity index (χ1) is 9.65. The lowest BCUT2D eigenvalue weighted by Crippen LogP contribution is -2.30. The molecule has 0 spiro atoms. The summed E-state index contributed by atoms with van der Waals surface area (Å²) in [7, 11) is 0. The second kappa shape index (κ2) is 9.60. The van der Waals surface area contributed by atoms with Crippen LogP contribution in [0.3, 0.4) is 0 Å². The Morgan fingerprint density at radius 3 is 2.75 bits per heavy atom. The van der Waals surface area contributed by atoms with Crippen LogP contribution < -0.4 is 4.74 Å². The first-order valence-corrected chi connectivity index (χ1v) is 7.73. The summed E-state index contributed by atoms with van der Waals surface area (Å²) in [5.41, 5.74) is 1.11. The summed E-state index contributed by atoms with van der Waals surface area (Å²) in [6.45, 7) is 14.8. The minimum absolute atomic E-state index is 0.728. The molecule has 1 aromatic rings. The van der Waals surface area contributed by atoms with Crippen molar-refractivity contribution in [2.24, 2.45) is 5.92 Å². The summed E-state index contributed by atoms with van der Waals surface area (Å²) in [6, 6.07) is 8.08. The predicted molar refractivity (Wildman–Crippen MR) is 88.2 cm³/mol. The lowest BCUT2D eigenvalue weighted by Gasteiger charge is -2.23. The molecule has 0 amide bonds.